The highest BCUT2D eigenvalue weighted by atomic mass is 28.4. The molecule has 1 saturated heterocycles. The minimum Gasteiger partial charge on any atom is -0.493 e. The van der Waals surface area contributed by atoms with Crippen LogP contribution in [0.5, 0.6) is 5.75 Å². The Morgan fingerprint density at radius 1 is 1.05 bits per heavy atom. The fourth-order valence-electron chi connectivity index (χ4n) is 4.79. The second-order valence-electron chi connectivity index (χ2n) is 14.4. The first kappa shape index (κ1) is 36.1. The Morgan fingerprint density at radius 2 is 1.69 bits per heavy atom. The Bertz CT molecular complexity index is 1030. The van der Waals surface area contributed by atoms with E-state index in [9.17, 15) is 9.59 Å². The molecule has 1 heterocycles. The second kappa shape index (κ2) is 15.1. The minimum atomic E-state index is -1.99. The molecule has 0 radical (unpaired) electrons. The third-order valence-corrected chi connectivity index (χ3v) is 13.0. The third-order valence-electron chi connectivity index (χ3n) is 8.45. The number of carbonyl (C=O) groups is 2. The van der Waals surface area contributed by atoms with Gasteiger partial charge in [-0.25, -0.2) is 4.79 Å². The van der Waals surface area contributed by atoms with Gasteiger partial charge in [-0.3, -0.25) is 4.79 Å². The van der Waals surface area contributed by atoms with Crippen molar-refractivity contribution in [2.24, 2.45) is 11.8 Å². The van der Waals surface area contributed by atoms with Crippen molar-refractivity contribution in [3.8, 4) is 5.75 Å². The van der Waals surface area contributed by atoms with E-state index >= 15 is 0 Å². The number of benzene rings is 1. The van der Waals surface area contributed by atoms with Crippen LogP contribution in [0.2, 0.25) is 18.1 Å². The van der Waals surface area contributed by atoms with E-state index < -0.39 is 13.9 Å². The molecule has 0 bridgehead atoms. The lowest BCUT2D eigenvalue weighted by Crippen LogP contribution is -2.45. The molecule has 1 fully saturated rings. The van der Waals surface area contributed by atoms with E-state index in [0.29, 0.717) is 45.0 Å². The van der Waals surface area contributed by atoms with Crippen molar-refractivity contribution < 1.29 is 28.2 Å². The summed E-state index contributed by atoms with van der Waals surface area (Å²) in [6.45, 7) is 26.4. The summed E-state index contributed by atoms with van der Waals surface area (Å²) in [6, 6.07) is 5.75. The molecule has 0 N–H and O–H groups in total. The molecule has 1 aliphatic rings. The summed E-state index contributed by atoms with van der Waals surface area (Å²) in [5.74, 6) is 0.881. The van der Waals surface area contributed by atoms with Crippen LogP contribution in [0, 0.1) is 11.8 Å². The summed E-state index contributed by atoms with van der Waals surface area (Å²) in [6.07, 6.45) is 1.29. The highest BCUT2D eigenvalue weighted by Crippen LogP contribution is 2.38. The van der Waals surface area contributed by atoms with Crippen molar-refractivity contribution in [1.29, 1.82) is 0 Å². The quantitative estimate of drug-likeness (QED) is 0.177. The third kappa shape index (κ3) is 10.3. The van der Waals surface area contributed by atoms with Gasteiger partial charge in [-0.2, -0.15) is 0 Å². The monoisotopic (exact) mass is 606 g/mol. The van der Waals surface area contributed by atoms with Crippen LogP contribution in [0.4, 0.5) is 4.79 Å². The molecule has 9 heteroatoms. The van der Waals surface area contributed by atoms with Gasteiger partial charge in [0.15, 0.2) is 8.32 Å². The second-order valence-corrected chi connectivity index (χ2v) is 19.2. The first-order valence-electron chi connectivity index (χ1n) is 15.6. The SMILES string of the molecule is CCc1ccc(C(=O)N(C[C@@H]2CN(C(=O)OC(C)(C)C)C[C@H]2CO[Si](C)(C)C(C)(C)C)C(C)C)cc1OCCCOC. The molecule has 1 aromatic carbocycles. The van der Waals surface area contributed by atoms with Gasteiger partial charge >= 0.3 is 6.09 Å². The van der Waals surface area contributed by atoms with Gasteiger partial charge < -0.3 is 28.4 Å². The molecule has 1 aliphatic heterocycles. The number of rotatable bonds is 13. The lowest BCUT2D eigenvalue weighted by molar-refractivity contribution is 0.0280. The Balaban J connectivity index is 2.30. The summed E-state index contributed by atoms with van der Waals surface area (Å²) >= 11 is 0. The number of ether oxygens (including phenoxy) is 3. The summed E-state index contributed by atoms with van der Waals surface area (Å²) in [5, 5.41) is 0.0832. The zero-order chi connectivity index (χ0) is 31.9. The molecule has 42 heavy (non-hydrogen) atoms. The number of hydrogen-bond donors (Lipinski definition) is 0. The molecule has 0 aliphatic carbocycles. The first-order chi connectivity index (χ1) is 19.4. The predicted octanol–water partition coefficient (Wildman–Crippen LogP) is 7.02. The van der Waals surface area contributed by atoms with E-state index in [2.05, 4.69) is 40.8 Å². The number of aryl methyl sites for hydroxylation is 1. The summed E-state index contributed by atoms with van der Waals surface area (Å²) in [5.41, 5.74) is 1.11. The van der Waals surface area contributed by atoms with E-state index in [0.717, 1.165) is 24.2 Å². The molecule has 0 unspecified atom stereocenters. The number of methoxy groups -OCH3 is 1. The topological polar surface area (TPSA) is 77.5 Å². The zero-order valence-corrected chi connectivity index (χ0v) is 29.5. The van der Waals surface area contributed by atoms with E-state index in [-0.39, 0.29) is 34.9 Å². The normalized spacial score (nSPS) is 18.0. The fourth-order valence-corrected chi connectivity index (χ4v) is 5.85. The molecule has 8 nitrogen and oxygen atoms in total. The lowest BCUT2D eigenvalue weighted by Gasteiger charge is -2.38. The van der Waals surface area contributed by atoms with Gasteiger partial charge in [-0.05, 0) is 76.9 Å². The van der Waals surface area contributed by atoms with Crippen LogP contribution in [0.25, 0.3) is 0 Å². The van der Waals surface area contributed by atoms with Crippen LogP contribution >= 0.6 is 0 Å². The van der Waals surface area contributed by atoms with Gasteiger partial charge in [0.1, 0.15) is 11.4 Å². The Morgan fingerprint density at radius 3 is 2.24 bits per heavy atom. The molecule has 2 amide bonds. The predicted molar refractivity (Wildman–Crippen MR) is 172 cm³/mol. The fraction of sp³-hybridized carbons (Fsp3) is 0.758. The van der Waals surface area contributed by atoms with E-state index in [4.69, 9.17) is 18.6 Å². The van der Waals surface area contributed by atoms with Crippen LogP contribution in [-0.4, -0.2) is 88.3 Å². The van der Waals surface area contributed by atoms with Crippen molar-refractivity contribution in [3.63, 3.8) is 0 Å². The van der Waals surface area contributed by atoms with Crippen molar-refractivity contribution in [3.05, 3.63) is 29.3 Å². The first-order valence-corrected chi connectivity index (χ1v) is 18.5. The average molecular weight is 607 g/mol. The van der Waals surface area contributed by atoms with Crippen LogP contribution in [0.1, 0.15) is 84.7 Å². The number of amides is 2. The van der Waals surface area contributed by atoms with Gasteiger partial charge in [-0.1, -0.05) is 33.8 Å². The van der Waals surface area contributed by atoms with Gasteiger partial charge in [0.05, 0.1) is 6.61 Å². The minimum absolute atomic E-state index is 0.0213. The Labute approximate surface area is 256 Å². The number of carbonyl (C=O) groups excluding carboxylic acids is 2. The standard InChI is InChI=1S/C33H58N2O6Si/c1-13-25-15-16-26(19-29(25)39-18-14-17-38-10)30(36)35(24(2)3)22-27-20-34(31(37)41-32(4,5)6)21-28(27)23-40-42(11,12)33(7,8)9/h15-16,19,24,27-28H,13-14,17-18,20-23H2,1-12H3/t27-,28-/m0/s1. The molecule has 2 rings (SSSR count). The van der Waals surface area contributed by atoms with Gasteiger partial charge in [0.2, 0.25) is 0 Å². The number of nitrogens with zero attached hydrogens (tertiary/aromatic N) is 2. The molecule has 2 atom stereocenters. The molecule has 0 saturated carbocycles. The summed E-state index contributed by atoms with van der Waals surface area (Å²) < 4.78 is 23.6. The highest BCUT2D eigenvalue weighted by molar-refractivity contribution is 6.74. The van der Waals surface area contributed by atoms with Crippen LogP contribution in [-0.2, 0) is 20.3 Å². The summed E-state index contributed by atoms with van der Waals surface area (Å²) in [4.78, 5) is 30.8. The number of likely N-dealkylation sites (tertiary alicyclic amines) is 1. The highest BCUT2D eigenvalue weighted by Gasteiger charge is 2.42. The zero-order valence-electron chi connectivity index (χ0n) is 28.5. The van der Waals surface area contributed by atoms with Crippen LogP contribution < -0.4 is 4.74 Å². The van der Waals surface area contributed by atoms with Crippen LogP contribution in [0.3, 0.4) is 0 Å². The molecule has 1 aromatic rings. The maximum Gasteiger partial charge on any atom is 0.410 e. The van der Waals surface area contributed by atoms with Crippen molar-refractivity contribution >= 4 is 20.3 Å². The Hall–Kier alpha value is -2.10. The largest absolute Gasteiger partial charge is 0.493 e. The van der Waals surface area contributed by atoms with Crippen molar-refractivity contribution in [2.45, 2.75) is 105 Å². The van der Waals surface area contributed by atoms with Gasteiger partial charge in [0.25, 0.3) is 5.91 Å². The molecule has 0 aromatic heterocycles. The molecule has 0 spiro atoms. The van der Waals surface area contributed by atoms with E-state index in [1.807, 2.05) is 57.7 Å². The maximum atomic E-state index is 14.0. The van der Waals surface area contributed by atoms with E-state index in [1.165, 1.54) is 0 Å². The van der Waals surface area contributed by atoms with Gasteiger partial charge in [0, 0.05) is 69.8 Å². The molecular formula is C33H58N2O6Si. The lowest BCUT2D eigenvalue weighted by atomic mass is 9.95. The average Bonchev–Trinajstić information content (AvgIpc) is 3.29. The molecule has 240 valence electrons. The summed E-state index contributed by atoms with van der Waals surface area (Å²) in [7, 11) is -0.316. The number of hydrogen-bond acceptors (Lipinski definition) is 6. The van der Waals surface area contributed by atoms with Crippen molar-refractivity contribution in [1.82, 2.24) is 9.80 Å². The molecular weight excluding hydrogens is 548 g/mol. The maximum absolute atomic E-state index is 14.0. The van der Waals surface area contributed by atoms with Gasteiger partial charge in [-0.15, -0.1) is 0 Å². The smallest absolute Gasteiger partial charge is 0.410 e. The Kier molecular flexibility index (Phi) is 12.9. The van der Waals surface area contributed by atoms with Crippen LogP contribution in [0.15, 0.2) is 18.2 Å². The van der Waals surface area contributed by atoms with E-state index in [1.54, 1.807) is 12.0 Å². The van der Waals surface area contributed by atoms with Crippen molar-refractivity contribution in [2.75, 3.05) is 46.6 Å².